The molecule has 11 nitrogen and oxygen atoms in total. The first-order valence-electron chi connectivity index (χ1n) is 6.53. The van der Waals surface area contributed by atoms with Gasteiger partial charge in [0, 0.05) is 6.42 Å². The van der Waals surface area contributed by atoms with Crippen LogP contribution in [0.5, 0.6) is 0 Å². The van der Waals surface area contributed by atoms with E-state index < -0.39 is 64.0 Å². The molecule has 14 heteroatoms. The molecule has 1 aromatic carbocycles. The number of hydrogen-bond acceptors (Lipinski definition) is 8. The van der Waals surface area contributed by atoms with Crippen LogP contribution in [0.3, 0.4) is 0 Å². The highest BCUT2D eigenvalue weighted by Gasteiger charge is 2.24. The van der Waals surface area contributed by atoms with Crippen molar-refractivity contribution in [3.63, 3.8) is 0 Å². The molecule has 0 fully saturated rings. The summed E-state index contributed by atoms with van der Waals surface area (Å²) in [4.78, 5) is 9.93. The van der Waals surface area contributed by atoms with Crippen molar-refractivity contribution in [2.45, 2.75) is 22.6 Å². The first kappa shape index (κ1) is 21.8. The largest absolute Gasteiger partial charge is 0.398 e. The number of allylic oxidation sites excluding steroid dienone is 1. The highest BCUT2D eigenvalue weighted by atomic mass is 32.2. The SMILES string of the molecule is C=CC(CCC(=O)Nc1cc(S(=O)(=O)O)c(N)cc1S(=O)(=O)O)=S(=O)=O. The van der Waals surface area contributed by atoms with E-state index in [1.54, 1.807) is 0 Å². The van der Waals surface area contributed by atoms with Gasteiger partial charge in [-0.05, 0) is 18.6 Å². The maximum absolute atomic E-state index is 11.9. The summed E-state index contributed by atoms with van der Waals surface area (Å²) in [5.41, 5.74) is 4.00. The highest BCUT2D eigenvalue weighted by molar-refractivity contribution is 7.86. The Morgan fingerprint density at radius 3 is 2.08 bits per heavy atom. The molecule has 26 heavy (non-hydrogen) atoms. The second-order valence-electron chi connectivity index (χ2n) is 4.79. The van der Waals surface area contributed by atoms with Crippen LogP contribution in [0.4, 0.5) is 11.4 Å². The number of anilines is 2. The van der Waals surface area contributed by atoms with Gasteiger partial charge in [-0.15, -0.1) is 0 Å². The van der Waals surface area contributed by atoms with Crippen LogP contribution in [0.1, 0.15) is 12.8 Å². The van der Waals surface area contributed by atoms with E-state index in [4.69, 9.17) is 10.3 Å². The lowest BCUT2D eigenvalue weighted by molar-refractivity contribution is -0.116. The van der Waals surface area contributed by atoms with Gasteiger partial charge in [0.05, 0.1) is 16.2 Å². The van der Waals surface area contributed by atoms with Crippen molar-refractivity contribution < 1.29 is 39.2 Å². The Balaban J connectivity index is 3.32. The summed E-state index contributed by atoms with van der Waals surface area (Å²) in [5, 5.41) is 2.02. The first-order chi connectivity index (χ1) is 11.8. The minimum atomic E-state index is -4.90. The van der Waals surface area contributed by atoms with Gasteiger partial charge in [0.2, 0.25) is 16.2 Å². The van der Waals surface area contributed by atoms with Gasteiger partial charge >= 0.3 is 0 Å². The van der Waals surface area contributed by atoms with Gasteiger partial charge in [0.1, 0.15) is 9.79 Å². The Bertz CT molecular complexity index is 1090. The smallest absolute Gasteiger partial charge is 0.296 e. The average Bonchev–Trinajstić information content (AvgIpc) is 2.46. The molecule has 0 spiro atoms. The number of rotatable bonds is 7. The highest BCUT2D eigenvalue weighted by Crippen LogP contribution is 2.30. The monoisotopic (exact) mass is 426 g/mol. The lowest BCUT2D eigenvalue weighted by Gasteiger charge is -2.12. The topological polar surface area (TPSA) is 198 Å². The molecule has 0 heterocycles. The third kappa shape index (κ3) is 5.63. The lowest BCUT2D eigenvalue weighted by Crippen LogP contribution is -2.17. The second-order valence-corrected chi connectivity index (χ2v) is 8.56. The quantitative estimate of drug-likeness (QED) is 0.194. The van der Waals surface area contributed by atoms with Crippen molar-refractivity contribution in [3.8, 4) is 0 Å². The summed E-state index contributed by atoms with van der Waals surface area (Å²) in [6, 6.07) is 1.09. The predicted molar refractivity (Wildman–Crippen MR) is 92.5 cm³/mol. The molecule has 0 radical (unpaired) electrons. The van der Waals surface area contributed by atoms with Gasteiger partial charge < -0.3 is 11.1 Å². The van der Waals surface area contributed by atoms with E-state index in [9.17, 15) is 34.6 Å². The zero-order valence-electron chi connectivity index (χ0n) is 12.9. The number of benzene rings is 1. The fourth-order valence-electron chi connectivity index (χ4n) is 1.81. The number of amides is 1. The van der Waals surface area contributed by atoms with Gasteiger partial charge in [-0.1, -0.05) is 12.7 Å². The van der Waals surface area contributed by atoms with Crippen LogP contribution in [0, 0.1) is 0 Å². The summed E-state index contributed by atoms with van der Waals surface area (Å²) in [5.74, 6) is -0.897. The molecule has 0 bridgehead atoms. The van der Waals surface area contributed by atoms with Gasteiger partial charge in [-0.3, -0.25) is 13.9 Å². The minimum absolute atomic E-state index is 0.175. The molecule has 0 saturated heterocycles. The van der Waals surface area contributed by atoms with E-state index in [1.807, 2.05) is 5.32 Å². The molecule has 5 N–H and O–H groups in total. The number of nitrogen functional groups attached to an aromatic ring is 1. The molecule has 1 rings (SSSR count). The molecule has 144 valence electrons. The molecular formula is C12H14N2O9S3. The Labute approximate surface area is 150 Å². The molecule has 1 amide bonds. The van der Waals surface area contributed by atoms with Crippen molar-refractivity contribution in [2.24, 2.45) is 0 Å². The number of hydrogen-bond donors (Lipinski definition) is 4. The van der Waals surface area contributed by atoms with Crippen LogP contribution in [0.2, 0.25) is 0 Å². The average molecular weight is 426 g/mol. The van der Waals surface area contributed by atoms with E-state index in [-0.39, 0.29) is 11.3 Å². The summed E-state index contributed by atoms with van der Waals surface area (Å²) in [6.07, 6.45) is 0.332. The third-order valence-corrected chi connectivity index (χ3v) is 5.58. The van der Waals surface area contributed by atoms with Crippen LogP contribution in [-0.4, -0.2) is 45.1 Å². The summed E-state index contributed by atoms with van der Waals surface area (Å²) in [6.45, 7) is 3.26. The molecule has 1 aromatic rings. The fourth-order valence-corrected chi connectivity index (χ4v) is 3.51. The van der Waals surface area contributed by atoms with Crippen LogP contribution >= 0.6 is 0 Å². The minimum Gasteiger partial charge on any atom is -0.398 e. The Morgan fingerprint density at radius 1 is 1.12 bits per heavy atom. The molecule has 0 aromatic heterocycles. The summed E-state index contributed by atoms with van der Waals surface area (Å²) in [7, 11) is -12.4. The van der Waals surface area contributed by atoms with Crippen molar-refractivity contribution in [2.75, 3.05) is 11.1 Å². The fraction of sp³-hybridized carbons (Fsp3) is 0.167. The van der Waals surface area contributed by atoms with E-state index in [0.29, 0.717) is 12.1 Å². The van der Waals surface area contributed by atoms with Crippen molar-refractivity contribution in [1.82, 2.24) is 0 Å². The second kappa shape index (κ2) is 7.96. The van der Waals surface area contributed by atoms with E-state index in [1.165, 1.54) is 0 Å². The summed E-state index contributed by atoms with van der Waals surface area (Å²) < 4.78 is 85.2. The molecule has 0 aliphatic heterocycles. The van der Waals surface area contributed by atoms with Crippen LogP contribution in [0.15, 0.2) is 34.6 Å². The van der Waals surface area contributed by atoms with E-state index in [2.05, 4.69) is 6.58 Å². The number of carbonyl (C=O) groups excluding carboxylic acids is 1. The molecule has 0 saturated carbocycles. The van der Waals surface area contributed by atoms with Crippen molar-refractivity contribution >= 4 is 52.7 Å². The Hall–Kier alpha value is -2.26. The van der Waals surface area contributed by atoms with Gasteiger partial charge in [-0.25, -0.2) is 0 Å². The van der Waals surface area contributed by atoms with Gasteiger partial charge in [0.15, 0.2) is 0 Å². The van der Waals surface area contributed by atoms with Crippen LogP contribution in [-0.2, 0) is 35.3 Å². The molecule has 0 aliphatic rings. The Kier molecular flexibility index (Phi) is 6.67. The van der Waals surface area contributed by atoms with Crippen molar-refractivity contribution in [1.29, 1.82) is 0 Å². The number of nitrogens with two attached hydrogens (primary N) is 1. The summed E-state index contributed by atoms with van der Waals surface area (Å²) >= 11 is 0. The number of carbonyl (C=O) groups is 1. The van der Waals surface area contributed by atoms with Crippen molar-refractivity contribution in [3.05, 3.63) is 24.8 Å². The number of nitrogens with one attached hydrogen (secondary N) is 1. The third-order valence-electron chi connectivity index (χ3n) is 2.98. The maximum atomic E-state index is 11.9. The zero-order chi connectivity index (χ0) is 20.3. The predicted octanol–water partition coefficient (Wildman–Crippen LogP) is -0.282. The molecule has 0 atom stereocenters. The lowest BCUT2D eigenvalue weighted by atomic mass is 10.2. The Morgan fingerprint density at radius 2 is 1.65 bits per heavy atom. The zero-order valence-corrected chi connectivity index (χ0v) is 15.4. The van der Waals surface area contributed by atoms with E-state index >= 15 is 0 Å². The van der Waals surface area contributed by atoms with Gasteiger partial charge in [-0.2, -0.15) is 25.3 Å². The van der Waals surface area contributed by atoms with Gasteiger partial charge in [0.25, 0.3) is 20.2 Å². The molecule has 0 unspecified atom stereocenters. The standard InChI is InChI=1S/C12H14N2O9S3/c1-2-7(24(16)17)3-4-12(15)14-9-6-10(25(18,19)20)8(13)5-11(9)26(21,22)23/h2,5-6H,1,3-4,13H2,(H,14,15)(H,18,19,20)(H,21,22,23). The van der Waals surface area contributed by atoms with Crippen LogP contribution in [0.25, 0.3) is 0 Å². The normalized spacial score (nSPS) is 11.6. The van der Waals surface area contributed by atoms with E-state index in [0.717, 1.165) is 6.08 Å². The first-order valence-corrected chi connectivity index (χ1v) is 10.5. The molecule has 0 aliphatic carbocycles. The molecular weight excluding hydrogens is 412 g/mol. The maximum Gasteiger partial charge on any atom is 0.296 e. The van der Waals surface area contributed by atoms with Crippen LogP contribution < -0.4 is 11.1 Å².